The Morgan fingerprint density at radius 1 is 1.27 bits per heavy atom. The number of thiophene rings is 1. The van der Waals surface area contributed by atoms with E-state index in [0.717, 1.165) is 20.4 Å². The van der Waals surface area contributed by atoms with Crippen LogP contribution in [0.15, 0.2) is 24.7 Å². The quantitative estimate of drug-likeness (QED) is 0.477. The van der Waals surface area contributed by atoms with Gasteiger partial charge in [0.05, 0.1) is 10.2 Å². The highest BCUT2D eigenvalue weighted by molar-refractivity contribution is 7.25. The molecule has 3 N–H and O–H groups in total. The summed E-state index contributed by atoms with van der Waals surface area (Å²) in [6.45, 7) is 0. The van der Waals surface area contributed by atoms with Crippen LogP contribution in [0.25, 0.3) is 20.4 Å². The van der Waals surface area contributed by atoms with Gasteiger partial charge >= 0.3 is 0 Å². The Morgan fingerprint density at radius 2 is 2.20 bits per heavy atom. The molecule has 0 spiro atoms. The first-order valence-corrected chi connectivity index (χ1v) is 5.16. The largest absolute Gasteiger partial charge is 0.307 e. The van der Waals surface area contributed by atoms with Crippen molar-refractivity contribution < 1.29 is 0 Å². The monoisotopic (exact) mass is 217 g/mol. The third-order valence-electron chi connectivity index (χ3n) is 2.17. The second kappa shape index (κ2) is 3.11. The lowest BCUT2D eigenvalue weighted by Crippen LogP contribution is -2.08. The van der Waals surface area contributed by atoms with E-state index in [9.17, 15) is 0 Å². The van der Waals surface area contributed by atoms with Gasteiger partial charge < -0.3 is 5.43 Å². The van der Waals surface area contributed by atoms with Crippen molar-refractivity contribution in [1.82, 2.24) is 15.0 Å². The predicted molar refractivity (Wildman–Crippen MR) is 60.5 cm³/mol. The van der Waals surface area contributed by atoms with Crippen molar-refractivity contribution in [1.29, 1.82) is 0 Å². The molecule has 0 fully saturated rings. The van der Waals surface area contributed by atoms with E-state index in [0.29, 0.717) is 5.82 Å². The van der Waals surface area contributed by atoms with Gasteiger partial charge in [-0.25, -0.2) is 20.8 Å². The highest BCUT2D eigenvalue weighted by Gasteiger charge is 2.10. The molecule has 0 atom stereocenters. The van der Waals surface area contributed by atoms with E-state index in [1.807, 2.05) is 12.1 Å². The molecule has 3 aromatic rings. The van der Waals surface area contributed by atoms with Gasteiger partial charge in [0, 0.05) is 11.6 Å². The number of anilines is 1. The van der Waals surface area contributed by atoms with E-state index in [4.69, 9.17) is 5.84 Å². The highest BCUT2D eigenvalue weighted by atomic mass is 32.1. The number of aromatic nitrogens is 3. The van der Waals surface area contributed by atoms with Crippen molar-refractivity contribution >= 4 is 37.6 Å². The molecule has 0 saturated carbocycles. The summed E-state index contributed by atoms with van der Waals surface area (Å²) < 4.78 is 0.939. The molecule has 15 heavy (non-hydrogen) atoms. The van der Waals surface area contributed by atoms with Gasteiger partial charge in [0.1, 0.15) is 11.2 Å². The SMILES string of the molecule is NNc1ncnc2c1sc1ncccc12. The Balaban J connectivity index is 2.53. The van der Waals surface area contributed by atoms with Crippen LogP contribution < -0.4 is 11.3 Å². The number of nitrogen functional groups attached to an aromatic ring is 1. The fourth-order valence-electron chi connectivity index (χ4n) is 1.51. The van der Waals surface area contributed by atoms with Crippen LogP contribution in [0, 0.1) is 0 Å². The Kier molecular flexibility index (Phi) is 1.77. The molecule has 5 nitrogen and oxygen atoms in total. The number of rotatable bonds is 1. The number of nitrogens with one attached hydrogen (secondary N) is 1. The van der Waals surface area contributed by atoms with Crippen molar-refractivity contribution in [2.45, 2.75) is 0 Å². The predicted octanol–water partition coefficient (Wildman–Crippen LogP) is 1.53. The van der Waals surface area contributed by atoms with Crippen LogP contribution in [0.1, 0.15) is 0 Å². The number of hydrazine groups is 1. The summed E-state index contributed by atoms with van der Waals surface area (Å²) in [5, 5.41) is 1.04. The number of hydrogen-bond donors (Lipinski definition) is 2. The Bertz CT molecular complexity index is 633. The third kappa shape index (κ3) is 1.15. The zero-order chi connectivity index (χ0) is 10.3. The highest BCUT2D eigenvalue weighted by Crippen LogP contribution is 2.33. The molecule has 0 saturated heterocycles. The van der Waals surface area contributed by atoms with Gasteiger partial charge in [0.25, 0.3) is 0 Å². The molecule has 3 aromatic heterocycles. The van der Waals surface area contributed by atoms with Crippen LogP contribution in [0.2, 0.25) is 0 Å². The van der Waals surface area contributed by atoms with Gasteiger partial charge in [-0.15, -0.1) is 11.3 Å². The van der Waals surface area contributed by atoms with Crippen molar-refractivity contribution in [3.05, 3.63) is 24.7 Å². The number of pyridine rings is 1. The molecule has 0 aromatic carbocycles. The van der Waals surface area contributed by atoms with E-state index in [1.165, 1.54) is 17.7 Å². The number of fused-ring (bicyclic) bond motifs is 3. The lowest BCUT2D eigenvalue weighted by Gasteiger charge is -1.97. The first kappa shape index (κ1) is 8.51. The van der Waals surface area contributed by atoms with E-state index in [-0.39, 0.29) is 0 Å². The van der Waals surface area contributed by atoms with Gasteiger partial charge in [-0.3, -0.25) is 0 Å². The minimum Gasteiger partial charge on any atom is -0.307 e. The lowest BCUT2D eigenvalue weighted by molar-refractivity contribution is 1.19. The van der Waals surface area contributed by atoms with Gasteiger partial charge in [-0.05, 0) is 12.1 Å². The average molecular weight is 217 g/mol. The maximum atomic E-state index is 5.38. The minimum atomic E-state index is 0.642. The van der Waals surface area contributed by atoms with Gasteiger partial charge in [-0.2, -0.15) is 0 Å². The van der Waals surface area contributed by atoms with E-state index < -0.39 is 0 Å². The Hall–Kier alpha value is -1.79. The van der Waals surface area contributed by atoms with Gasteiger partial charge in [0.15, 0.2) is 5.82 Å². The van der Waals surface area contributed by atoms with E-state index in [2.05, 4.69) is 20.4 Å². The number of nitrogens with zero attached hydrogens (tertiary/aromatic N) is 3. The van der Waals surface area contributed by atoms with Crippen molar-refractivity contribution in [2.75, 3.05) is 5.43 Å². The molecule has 0 radical (unpaired) electrons. The molecule has 6 heteroatoms. The molecule has 0 bridgehead atoms. The second-order valence-corrected chi connectivity index (χ2v) is 4.00. The maximum absolute atomic E-state index is 5.38. The van der Waals surface area contributed by atoms with Crippen molar-refractivity contribution in [3.63, 3.8) is 0 Å². The molecule has 3 heterocycles. The minimum absolute atomic E-state index is 0.642. The van der Waals surface area contributed by atoms with Crippen molar-refractivity contribution in [3.8, 4) is 0 Å². The van der Waals surface area contributed by atoms with Crippen molar-refractivity contribution in [2.24, 2.45) is 5.84 Å². The molecular formula is C9H7N5S. The van der Waals surface area contributed by atoms with Crippen LogP contribution in [0.5, 0.6) is 0 Å². The molecular weight excluding hydrogens is 210 g/mol. The smallest absolute Gasteiger partial charge is 0.161 e. The molecule has 0 aliphatic heterocycles. The fraction of sp³-hybridized carbons (Fsp3) is 0. The maximum Gasteiger partial charge on any atom is 0.161 e. The van der Waals surface area contributed by atoms with Crippen LogP contribution in [0.3, 0.4) is 0 Å². The molecule has 3 rings (SSSR count). The summed E-state index contributed by atoms with van der Waals surface area (Å²) in [6.07, 6.45) is 3.26. The second-order valence-electron chi connectivity index (χ2n) is 3.00. The van der Waals surface area contributed by atoms with Crippen LogP contribution in [0.4, 0.5) is 5.82 Å². The third-order valence-corrected chi connectivity index (χ3v) is 3.28. The number of hydrogen-bond acceptors (Lipinski definition) is 6. The molecule has 0 unspecified atom stereocenters. The van der Waals surface area contributed by atoms with Crippen LogP contribution >= 0.6 is 11.3 Å². The molecule has 0 amide bonds. The topological polar surface area (TPSA) is 76.7 Å². The summed E-state index contributed by atoms with van der Waals surface area (Å²) in [4.78, 5) is 13.5. The summed E-state index contributed by atoms with van der Waals surface area (Å²) in [5.74, 6) is 6.03. The first-order chi connectivity index (χ1) is 7.40. The summed E-state index contributed by atoms with van der Waals surface area (Å²) in [5.41, 5.74) is 3.46. The lowest BCUT2D eigenvalue weighted by atomic mass is 10.3. The standard InChI is InChI=1S/C9H7N5S/c10-14-8-7-6(12-4-13-8)5-2-1-3-11-9(5)15-7/h1-4H,10H2,(H,12,13,14). The van der Waals surface area contributed by atoms with Crippen LogP contribution in [-0.4, -0.2) is 15.0 Å². The normalized spacial score (nSPS) is 11.0. The summed E-state index contributed by atoms with van der Waals surface area (Å²) >= 11 is 1.53. The number of nitrogens with two attached hydrogens (primary N) is 1. The van der Waals surface area contributed by atoms with Crippen LogP contribution in [-0.2, 0) is 0 Å². The first-order valence-electron chi connectivity index (χ1n) is 4.35. The Labute approximate surface area is 89.0 Å². The van der Waals surface area contributed by atoms with E-state index >= 15 is 0 Å². The fourth-order valence-corrected chi connectivity index (χ4v) is 2.56. The van der Waals surface area contributed by atoms with Gasteiger partial charge in [-0.1, -0.05) is 0 Å². The summed E-state index contributed by atoms with van der Waals surface area (Å²) in [6, 6.07) is 3.89. The zero-order valence-corrected chi connectivity index (χ0v) is 8.45. The average Bonchev–Trinajstić information content (AvgIpc) is 2.67. The van der Waals surface area contributed by atoms with E-state index in [1.54, 1.807) is 6.20 Å². The van der Waals surface area contributed by atoms with Gasteiger partial charge in [0.2, 0.25) is 0 Å². The Morgan fingerprint density at radius 3 is 3.07 bits per heavy atom. The summed E-state index contributed by atoms with van der Waals surface area (Å²) in [7, 11) is 0. The zero-order valence-electron chi connectivity index (χ0n) is 7.64. The molecule has 0 aliphatic carbocycles. The molecule has 0 aliphatic rings. The molecule has 74 valence electrons.